The normalized spacial score (nSPS) is 17.1. The van der Waals surface area contributed by atoms with Crippen molar-refractivity contribution in [2.24, 2.45) is 0 Å². The van der Waals surface area contributed by atoms with Crippen LogP contribution < -0.4 is 0 Å². The van der Waals surface area contributed by atoms with Gasteiger partial charge < -0.3 is 0 Å². The first kappa shape index (κ1) is 31.2. The van der Waals surface area contributed by atoms with Gasteiger partial charge in [0, 0.05) is 0 Å². The zero-order chi connectivity index (χ0) is 19.6. The number of hydrogen-bond acceptors (Lipinski definition) is 0. The van der Waals surface area contributed by atoms with Crippen molar-refractivity contribution in [3.05, 3.63) is 57.6 Å². The molecule has 0 fully saturated rings. The van der Waals surface area contributed by atoms with Crippen molar-refractivity contribution in [1.82, 2.24) is 0 Å². The molecular weight excluding hydrogens is 498 g/mol. The Bertz CT molecular complexity index is 638. The smallest absolute Gasteiger partial charge is 0.210 e. The van der Waals surface area contributed by atoms with Gasteiger partial charge in [0.25, 0.3) is 0 Å². The third kappa shape index (κ3) is 10.3. The molecule has 3 heteroatoms. The summed E-state index contributed by atoms with van der Waals surface area (Å²) in [6.45, 7) is 4.54. The molecule has 174 valence electrons. The minimum Gasteiger partial charge on any atom is -0.210 e. The van der Waals surface area contributed by atoms with Gasteiger partial charge in [0.2, 0.25) is 0 Å². The molecule has 2 aromatic carbocycles. The second-order valence-corrected chi connectivity index (χ2v) is 9.28. The van der Waals surface area contributed by atoms with Gasteiger partial charge >= 0.3 is 26.2 Å². The maximum atomic E-state index is 2.35. The van der Waals surface area contributed by atoms with Crippen LogP contribution in [0.5, 0.6) is 0 Å². The van der Waals surface area contributed by atoms with E-state index in [4.69, 9.17) is 0 Å². The van der Waals surface area contributed by atoms with E-state index in [1.165, 1.54) is 114 Å². The van der Waals surface area contributed by atoms with Crippen molar-refractivity contribution < 1.29 is 26.2 Å². The molecule has 0 radical (unpaired) electrons. The summed E-state index contributed by atoms with van der Waals surface area (Å²) in [5.41, 5.74) is 9.69. The molecule has 2 aliphatic rings. The Morgan fingerprint density at radius 3 is 1.13 bits per heavy atom. The molecule has 0 amide bonds. The number of fused-ring (bicyclic) bond motifs is 2. The summed E-state index contributed by atoms with van der Waals surface area (Å²) in [6.07, 6.45) is 22.5. The number of hydrogen-bond donors (Lipinski definition) is 0. The molecule has 0 saturated carbocycles. The van der Waals surface area contributed by atoms with E-state index in [1.54, 1.807) is 22.3 Å². The van der Waals surface area contributed by atoms with Crippen LogP contribution in [0.1, 0.15) is 110 Å². The molecule has 2 aromatic rings. The van der Waals surface area contributed by atoms with Crippen molar-refractivity contribution in [3.63, 3.8) is 0 Å². The summed E-state index contributed by atoms with van der Waals surface area (Å²) >= 11 is 0. The Morgan fingerprint density at radius 1 is 0.484 bits per heavy atom. The quantitative estimate of drug-likeness (QED) is 0.291. The van der Waals surface area contributed by atoms with Crippen LogP contribution in [-0.2, 0) is 51.9 Å². The average molecular weight is 543 g/mol. The van der Waals surface area contributed by atoms with Crippen molar-refractivity contribution in [3.8, 4) is 0 Å². The average Bonchev–Trinajstić information content (AvgIpc) is 3.25. The molecule has 0 aliphatic heterocycles. The Labute approximate surface area is 224 Å². The molecule has 0 spiro atoms. The summed E-state index contributed by atoms with van der Waals surface area (Å²) in [5.74, 6) is 0. The van der Waals surface area contributed by atoms with E-state index in [-0.39, 0.29) is 51.0 Å². The number of aryl methyl sites for hydroxylation is 4. The topological polar surface area (TPSA) is 0 Å². The molecule has 0 saturated heterocycles. The molecule has 4 rings (SSSR count). The van der Waals surface area contributed by atoms with Gasteiger partial charge in [0.1, 0.15) is 0 Å². The first-order valence-corrected chi connectivity index (χ1v) is 12.2. The number of halogens is 2. The summed E-state index contributed by atoms with van der Waals surface area (Å²) in [4.78, 5) is 0. The molecule has 0 bridgehead atoms. The maximum absolute atomic E-state index is 2.35. The Hall–Kier alpha value is 0.163. The van der Waals surface area contributed by atoms with Gasteiger partial charge in [-0.2, -0.15) is 45.5 Å². The van der Waals surface area contributed by atoms with E-state index in [0.717, 1.165) is 0 Å². The monoisotopic (exact) mass is 540 g/mol. The van der Waals surface area contributed by atoms with Gasteiger partial charge in [-0.1, -0.05) is 117 Å². The molecule has 0 N–H and O–H groups in total. The minimum absolute atomic E-state index is 0. The molecule has 0 aromatic heterocycles. The van der Waals surface area contributed by atoms with Crippen LogP contribution in [0.3, 0.4) is 0 Å². The van der Waals surface area contributed by atoms with Crippen LogP contribution in [0.2, 0.25) is 0 Å². The fourth-order valence-electron chi connectivity index (χ4n) is 5.19. The molecule has 0 atom stereocenters. The minimum atomic E-state index is 0. The van der Waals surface area contributed by atoms with Gasteiger partial charge in [-0.3, -0.25) is 0 Å². The van der Waals surface area contributed by atoms with Crippen molar-refractivity contribution in [2.75, 3.05) is 0 Å². The van der Waals surface area contributed by atoms with Gasteiger partial charge in [0.15, 0.2) is 0 Å². The molecule has 0 heterocycles. The predicted molar refractivity (Wildman–Crippen MR) is 138 cm³/mol. The van der Waals surface area contributed by atoms with Crippen LogP contribution in [0, 0.1) is 13.8 Å². The summed E-state index contributed by atoms with van der Waals surface area (Å²) in [5, 5.41) is 0. The van der Waals surface area contributed by atoms with E-state index >= 15 is 0 Å². The van der Waals surface area contributed by atoms with Gasteiger partial charge in [-0.15, -0.1) is 24.8 Å². The second-order valence-electron chi connectivity index (χ2n) is 9.28. The third-order valence-corrected chi connectivity index (χ3v) is 7.04. The van der Waals surface area contributed by atoms with Gasteiger partial charge in [-0.05, 0) is 0 Å². The summed E-state index contributed by atoms with van der Waals surface area (Å²) < 4.78 is 0. The molecular formula is C28H44Cl2Zr. The Balaban J connectivity index is 0.000000529. The van der Waals surface area contributed by atoms with Crippen LogP contribution >= 0.6 is 24.8 Å². The molecule has 0 unspecified atom stereocenters. The zero-order valence-corrected chi connectivity index (χ0v) is 24.0. The third-order valence-electron chi connectivity index (χ3n) is 7.04. The van der Waals surface area contributed by atoms with E-state index in [1.807, 2.05) is 0 Å². The van der Waals surface area contributed by atoms with Crippen LogP contribution in [0.15, 0.2) is 24.3 Å². The Kier molecular flexibility index (Phi) is 17.7. The first-order chi connectivity index (χ1) is 13.8. The number of rotatable bonds is 0. The molecule has 2 aliphatic carbocycles. The van der Waals surface area contributed by atoms with Gasteiger partial charge in [-0.25, -0.2) is 12.1 Å². The standard InChI is InChI=1S/2C14H21.2ClH.Zr/c2*1-12-10-11-13-8-6-4-2-3-5-7-9-14(12)13;;;/h2*10-11H,2-9H2,1H3;2*1H;/q2*-1;;;+2. The van der Waals surface area contributed by atoms with Crippen molar-refractivity contribution in [1.29, 1.82) is 0 Å². The summed E-state index contributed by atoms with van der Waals surface area (Å²) in [7, 11) is 0. The van der Waals surface area contributed by atoms with Crippen molar-refractivity contribution in [2.45, 2.75) is 117 Å². The van der Waals surface area contributed by atoms with E-state index < -0.39 is 0 Å². The maximum Gasteiger partial charge on any atom is 2.00 e. The zero-order valence-electron chi connectivity index (χ0n) is 19.9. The largest absolute Gasteiger partial charge is 2.00 e. The van der Waals surface area contributed by atoms with Crippen molar-refractivity contribution >= 4 is 24.8 Å². The predicted octanol–water partition coefficient (Wildman–Crippen LogP) is 9.15. The fraction of sp³-hybridized carbons (Fsp3) is 0.643. The van der Waals surface area contributed by atoms with Crippen LogP contribution in [0.25, 0.3) is 0 Å². The van der Waals surface area contributed by atoms with Gasteiger partial charge in [0.05, 0.1) is 0 Å². The van der Waals surface area contributed by atoms with Crippen LogP contribution in [-0.4, -0.2) is 0 Å². The Morgan fingerprint density at radius 2 is 0.774 bits per heavy atom. The first-order valence-electron chi connectivity index (χ1n) is 12.2. The molecule has 31 heavy (non-hydrogen) atoms. The second kappa shape index (κ2) is 17.6. The van der Waals surface area contributed by atoms with Crippen LogP contribution in [0.4, 0.5) is 0 Å². The van der Waals surface area contributed by atoms with E-state index in [9.17, 15) is 0 Å². The summed E-state index contributed by atoms with van der Waals surface area (Å²) in [6, 6.07) is 9.32. The SMILES string of the molecule is C[c-]1ccc2c1CCCCCCCC2.C[c-]1ccc2c1CCCCCCCC2.Cl.Cl.[Zr+2]. The van der Waals surface area contributed by atoms with E-state index in [0.29, 0.717) is 0 Å². The van der Waals surface area contributed by atoms with E-state index in [2.05, 4.69) is 38.1 Å². The fourth-order valence-corrected chi connectivity index (χ4v) is 5.19. The molecule has 0 nitrogen and oxygen atoms in total.